The van der Waals surface area contributed by atoms with E-state index in [2.05, 4.69) is 37.3 Å². The molecule has 1 aliphatic rings. The molecule has 1 N–H and O–H groups in total. The second-order valence-electron chi connectivity index (χ2n) is 10.5. The minimum Gasteiger partial charge on any atom is -0.368 e. The van der Waals surface area contributed by atoms with E-state index in [4.69, 9.17) is 0 Å². The van der Waals surface area contributed by atoms with Crippen molar-refractivity contribution in [2.75, 3.05) is 35.8 Å². The van der Waals surface area contributed by atoms with E-state index in [1.54, 1.807) is 24.3 Å². The molecule has 35 heavy (non-hydrogen) atoms. The van der Waals surface area contributed by atoms with Crippen molar-refractivity contribution in [3.05, 3.63) is 54.1 Å². The zero-order valence-electron chi connectivity index (χ0n) is 21.7. The van der Waals surface area contributed by atoms with E-state index in [1.165, 1.54) is 19.3 Å². The number of unbranched alkanes of at least 4 members (excludes halogenated alkanes) is 4. The number of benzene rings is 2. The minimum absolute atomic E-state index is 0.0292. The third-order valence-corrected chi connectivity index (χ3v) is 8.04. The highest BCUT2D eigenvalue weighted by Gasteiger charge is 2.21. The van der Waals surface area contributed by atoms with Gasteiger partial charge in [0.25, 0.3) is 10.0 Å². The number of piperazine rings is 1. The summed E-state index contributed by atoms with van der Waals surface area (Å²) in [6.45, 7) is 11.5. The molecule has 7 heteroatoms. The Bertz CT molecular complexity index is 1050. The van der Waals surface area contributed by atoms with E-state index in [0.29, 0.717) is 12.1 Å². The topological polar surface area (TPSA) is 69.7 Å². The summed E-state index contributed by atoms with van der Waals surface area (Å²) in [6.07, 6.45) is 6.45. The van der Waals surface area contributed by atoms with Gasteiger partial charge in [-0.25, -0.2) is 8.42 Å². The Balaban J connectivity index is 1.51. The van der Waals surface area contributed by atoms with Gasteiger partial charge in [0.05, 0.1) is 4.90 Å². The van der Waals surface area contributed by atoms with Gasteiger partial charge < -0.3 is 9.80 Å². The van der Waals surface area contributed by atoms with Crippen LogP contribution in [-0.4, -0.2) is 45.4 Å². The molecule has 2 aromatic carbocycles. The molecule has 192 valence electrons. The van der Waals surface area contributed by atoms with E-state index >= 15 is 0 Å². The first-order valence-corrected chi connectivity index (χ1v) is 14.3. The van der Waals surface area contributed by atoms with Crippen LogP contribution >= 0.6 is 0 Å². The van der Waals surface area contributed by atoms with Crippen molar-refractivity contribution in [3.8, 4) is 0 Å². The summed E-state index contributed by atoms with van der Waals surface area (Å²) in [6, 6.07) is 14.5. The number of carbonyl (C=O) groups excluding carboxylic acids is 1. The summed E-state index contributed by atoms with van der Waals surface area (Å²) in [7, 11) is -3.65. The van der Waals surface area contributed by atoms with E-state index in [1.807, 2.05) is 29.2 Å². The summed E-state index contributed by atoms with van der Waals surface area (Å²) in [5, 5.41) is 0. The van der Waals surface area contributed by atoms with Crippen molar-refractivity contribution in [2.45, 2.75) is 76.5 Å². The van der Waals surface area contributed by atoms with Gasteiger partial charge in [-0.3, -0.25) is 9.52 Å². The third kappa shape index (κ3) is 7.72. The Morgan fingerprint density at radius 3 is 2.03 bits per heavy atom. The van der Waals surface area contributed by atoms with Crippen molar-refractivity contribution >= 4 is 27.3 Å². The van der Waals surface area contributed by atoms with Gasteiger partial charge in [-0.1, -0.05) is 65.5 Å². The van der Waals surface area contributed by atoms with Crippen LogP contribution in [0.5, 0.6) is 0 Å². The van der Waals surface area contributed by atoms with Crippen LogP contribution < -0.4 is 9.62 Å². The highest BCUT2D eigenvalue weighted by atomic mass is 32.2. The molecule has 0 aromatic heterocycles. The molecule has 1 fully saturated rings. The van der Waals surface area contributed by atoms with E-state index in [0.717, 1.165) is 50.3 Å². The molecule has 1 amide bonds. The van der Waals surface area contributed by atoms with Crippen molar-refractivity contribution < 1.29 is 13.2 Å². The lowest BCUT2D eigenvalue weighted by molar-refractivity contribution is -0.131. The van der Waals surface area contributed by atoms with E-state index in [9.17, 15) is 13.2 Å². The fourth-order valence-electron chi connectivity index (χ4n) is 4.34. The van der Waals surface area contributed by atoms with Gasteiger partial charge in [0.1, 0.15) is 0 Å². The largest absolute Gasteiger partial charge is 0.368 e. The maximum absolute atomic E-state index is 12.8. The lowest BCUT2D eigenvalue weighted by Gasteiger charge is -2.36. The molecule has 1 heterocycles. The summed E-state index contributed by atoms with van der Waals surface area (Å²) < 4.78 is 28.3. The normalized spacial score (nSPS) is 14.7. The average molecular weight is 500 g/mol. The van der Waals surface area contributed by atoms with Crippen molar-refractivity contribution in [1.82, 2.24) is 4.90 Å². The molecule has 6 nitrogen and oxygen atoms in total. The van der Waals surface area contributed by atoms with Crippen LogP contribution in [0, 0.1) is 0 Å². The maximum atomic E-state index is 12.8. The summed E-state index contributed by atoms with van der Waals surface area (Å²) in [5.41, 5.74) is 2.63. The number of hydrogen-bond acceptors (Lipinski definition) is 4. The second kappa shape index (κ2) is 11.9. The highest BCUT2D eigenvalue weighted by molar-refractivity contribution is 7.92. The molecule has 0 spiro atoms. The quantitative estimate of drug-likeness (QED) is 0.420. The molecule has 1 aliphatic heterocycles. The number of amides is 1. The first kappa shape index (κ1) is 27.1. The summed E-state index contributed by atoms with van der Waals surface area (Å²) >= 11 is 0. The SMILES string of the molecule is CCCCCCCC(=O)N1CCN(c2ccc(NS(=O)(=O)c3ccc(C(C)(C)C)cc3)cc2)CC1. The molecule has 2 aromatic rings. The van der Waals surface area contributed by atoms with Crippen LogP contribution in [0.2, 0.25) is 0 Å². The smallest absolute Gasteiger partial charge is 0.261 e. The number of anilines is 2. The average Bonchev–Trinajstić information content (AvgIpc) is 2.84. The van der Waals surface area contributed by atoms with E-state index < -0.39 is 10.0 Å². The Hall–Kier alpha value is -2.54. The van der Waals surface area contributed by atoms with Gasteiger partial charge in [0.2, 0.25) is 5.91 Å². The lowest BCUT2D eigenvalue weighted by atomic mass is 9.87. The van der Waals surface area contributed by atoms with Crippen LogP contribution in [0.3, 0.4) is 0 Å². The number of carbonyl (C=O) groups is 1. The number of rotatable bonds is 10. The number of nitrogens with one attached hydrogen (secondary N) is 1. The minimum atomic E-state index is -3.65. The van der Waals surface area contributed by atoms with Gasteiger partial charge in [-0.2, -0.15) is 0 Å². The molecule has 3 rings (SSSR count). The molecule has 0 radical (unpaired) electrons. The molecular weight excluding hydrogens is 458 g/mol. The third-order valence-electron chi connectivity index (χ3n) is 6.64. The molecule has 0 atom stereocenters. The Labute approximate surface area is 211 Å². The van der Waals surface area contributed by atoms with Crippen LogP contribution in [0.4, 0.5) is 11.4 Å². The summed E-state index contributed by atoms with van der Waals surface area (Å²) in [5.74, 6) is 0.265. The van der Waals surface area contributed by atoms with Gasteiger partial charge in [0.15, 0.2) is 0 Å². The zero-order valence-corrected chi connectivity index (χ0v) is 22.5. The number of nitrogens with zero attached hydrogens (tertiary/aromatic N) is 2. The van der Waals surface area contributed by atoms with Gasteiger partial charge >= 0.3 is 0 Å². The molecular formula is C28H41N3O3S. The first-order chi connectivity index (χ1) is 16.6. The predicted octanol–water partition coefficient (Wildman–Crippen LogP) is 5.79. The first-order valence-electron chi connectivity index (χ1n) is 12.9. The van der Waals surface area contributed by atoms with Crippen LogP contribution in [0.1, 0.15) is 71.8 Å². The van der Waals surface area contributed by atoms with Gasteiger partial charge in [-0.05, 0) is 53.8 Å². The Morgan fingerprint density at radius 1 is 0.857 bits per heavy atom. The zero-order chi connectivity index (χ0) is 25.5. The van der Waals surface area contributed by atoms with Gasteiger partial charge in [-0.15, -0.1) is 0 Å². The lowest BCUT2D eigenvalue weighted by Crippen LogP contribution is -2.48. The monoisotopic (exact) mass is 499 g/mol. The number of hydrogen-bond donors (Lipinski definition) is 1. The predicted molar refractivity (Wildman–Crippen MR) is 145 cm³/mol. The van der Waals surface area contributed by atoms with Gasteiger partial charge in [0, 0.05) is 44.0 Å². The van der Waals surface area contributed by atoms with Crippen molar-refractivity contribution in [2.24, 2.45) is 0 Å². The standard InChI is InChI=1S/C28H41N3O3S/c1-5-6-7-8-9-10-27(32)31-21-19-30(20-22-31)25-15-13-24(14-16-25)29-35(33,34)26-17-11-23(12-18-26)28(2,3)4/h11-18,29H,5-10,19-22H2,1-4H3. The van der Waals surface area contributed by atoms with Crippen molar-refractivity contribution in [1.29, 1.82) is 0 Å². The molecule has 0 unspecified atom stereocenters. The number of sulfonamides is 1. The molecule has 1 saturated heterocycles. The molecule has 0 saturated carbocycles. The Morgan fingerprint density at radius 2 is 1.46 bits per heavy atom. The molecule has 0 aliphatic carbocycles. The second-order valence-corrected chi connectivity index (χ2v) is 12.1. The fraction of sp³-hybridized carbons (Fsp3) is 0.536. The maximum Gasteiger partial charge on any atom is 0.261 e. The van der Waals surface area contributed by atoms with Crippen molar-refractivity contribution in [3.63, 3.8) is 0 Å². The molecule has 0 bridgehead atoms. The Kier molecular flexibility index (Phi) is 9.22. The van der Waals surface area contributed by atoms with Crippen LogP contribution in [-0.2, 0) is 20.2 Å². The fourth-order valence-corrected chi connectivity index (χ4v) is 5.40. The van der Waals surface area contributed by atoms with Crippen LogP contribution in [0.25, 0.3) is 0 Å². The highest BCUT2D eigenvalue weighted by Crippen LogP contribution is 2.25. The summed E-state index contributed by atoms with van der Waals surface area (Å²) in [4.78, 5) is 16.9. The van der Waals surface area contributed by atoms with E-state index in [-0.39, 0.29) is 16.2 Å². The van der Waals surface area contributed by atoms with Crippen LogP contribution in [0.15, 0.2) is 53.4 Å².